The molecule has 4 aliphatic carbocycles. The van der Waals surface area contributed by atoms with Gasteiger partial charge in [0.05, 0.1) is 17.0 Å². The van der Waals surface area contributed by atoms with Crippen LogP contribution < -0.4 is 4.31 Å². The third-order valence-corrected chi connectivity index (χ3v) is 9.55. The highest BCUT2D eigenvalue weighted by Crippen LogP contribution is 2.60. The molecule has 6 rings (SSSR count). The summed E-state index contributed by atoms with van der Waals surface area (Å²) in [4.78, 5) is 26.1. The van der Waals surface area contributed by atoms with Crippen LogP contribution in [0.4, 0.5) is 5.69 Å². The molecule has 4 saturated carbocycles. The summed E-state index contributed by atoms with van der Waals surface area (Å²) < 4.78 is 31.3. The van der Waals surface area contributed by atoms with E-state index in [9.17, 15) is 18.0 Å². The molecule has 162 valence electrons. The van der Waals surface area contributed by atoms with E-state index in [0.29, 0.717) is 36.4 Å². The standard InChI is InChI=1S/C23H29NO5S/c1-15(21(25)23-12-16-8-17(13-23)10-18(9-16)14-23)29-22(26)19-4-2-5-20(11-19)24-6-3-7-30(24,27)28/h2,4-5,11,15-18H,3,6-10,12-14H2,1H3/t15-,16?,17?,18?,23?/m0/s1. The van der Waals surface area contributed by atoms with Crippen molar-refractivity contribution in [3.63, 3.8) is 0 Å². The van der Waals surface area contributed by atoms with Crippen LogP contribution in [0, 0.1) is 23.2 Å². The minimum atomic E-state index is -3.32. The summed E-state index contributed by atoms with van der Waals surface area (Å²) in [5, 5.41) is 0. The molecule has 0 amide bonds. The molecule has 1 aromatic rings. The van der Waals surface area contributed by atoms with Gasteiger partial charge in [0.1, 0.15) is 0 Å². The summed E-state index contributed by atoms with van der Waals surface area (Å²) in [6.07, 6.45) is 6.40. The van der Waals surface area contributed by atoms with E-state index in [2.05, 4.69) is 0 Å². The Kier molecular flexibility index (Phi) is 4.73. The maximum absolute atomic E-state index is 13.4. The number of hydrogen-bond acceptors (Lipinski definition) is 5. The Bertz CT molecular complexity index is 950. The number of anilines is 1. The van der Waals surface area contributed by atoms with Gasteiger partial charge in [-0.25, -0.2) is 13.2 Å². The highest BCUT2D eigenvalue weighted by atomic mass is 32.2. The molecule has 30 heavy (non-hydrogen) atoms. The van der Waals surface area contributed by atoms with Crippen LogP contribution in [-0.2, 0) is 19.6 Å². The van der Waals surface area contributed by atoms with Crippen molar-refractivity contribution in [3.8, 4) is 0 Å². The average molecular weight is 432 g/mol. The van der Waals surface area contributed by atoms with Crippen LogP contribution in [-0.4, -0.2) is 38.6 Å². The number of nitrogens with zero attached hydrogens (tertiary/aromatic N) is 1. The smallest absolute Gasteiger partial charge is 0.338 e. The van der Waals surface area contributed by atoms with Gasteiger partial charge < -0.3 is 4.74 Å². The van der Waals surface area contributed by atoms with Crippen molar-refractivity contribution < 1.29 is 22.7 Å². The number of ketones is 1. The first-order valence-corrected chi connectivity index (χ1v) is 12.7. The zero-order valence-corrected chi connectivity index (χ0v) is 18.2. The topological polar surface area (TPSA) is 80.8 Å². The summed E-state index contributed by atoms with van der Waals surface area (Å²) in [6, 6.07) is 6.50. The molecular weight excluding hydrogens is 402 g/mol. The van der Waals surface area contributed by atoms with Gasteiger partial charge in [-0.3, -0.25) is 9.10 Å². The first-order chi connectivity index (χ1) is 14.3. The van der Waals surface area contributed by atoms with Crippen molar-refractivity contribution in [2.24, 2.45) is 23.2 Å². The van der Waals surface area contributed by atoms with E-state index in [1.807, 2.05) is 0 Å². The predicted octanol–water partition coefficient (Wildman–Crippen LogP) is 3.56. The second-order valence-electron chi connectivity index (χ2n) is 9.90. The van der Waals surface area contributed by atoms with Crippen molar-refractivity contribution >= 4 is 27.5 Å². The van der Waals surface area contributed by atoms with Gasteiger partial charge in [-0.1, -0.05) is 6.07 Å². The maximum atomic E-state index is 13.4. The lowest BCUT2D eigenvalue weighted by Crippen LogP contribution is -2.52. The Labute approximate surface area is 178 Å². The first-order valence-electron chi connectivity index (χ1n) is 11.1. The van der Waals surface area contributed by atoms with Crippen molar-refractivity contribution in [1.82, 2.24) is 0 Å². The van der Waals surface area contributed by atoms with Gasteiger partial charge in [-0.2, -0.15) is 0 Å². The second kappa shape index (κ2) is 7.08. The molecule has 5 fully saturated rings. The normalized spacial score (nSPS) is 34.7. The molecule has 0 N–H and O–H groups in total. The lowest BCUT2D eigenvalue weighted by molar-refractivity contribution is -0.152. The van der Waals surface area contributed by atoms with Crippen LogP contribution in [0.15, 0.2) is 24.3 Å². The first kappa shape index (κ1) is 20.0. The number of sulfonamides is 1. The Balaban J connectivity index is 1.30. The Hall–Kier alpha value is -1.89. The fourth-order valence-corrected chi connectivity index (χ4v) is 8.40. The average Bonchev–Trinajstić information content (AvgIpc) is 3.05. The third kappa shape index (κ3) is 3.35. The SMILES string of the molecule is C[C@H](OC(=O)c1cccc(N2CCCS2(=O)=O)c1)C(=O)C12CC3CC(CC(C3)C1)C2. The van der Waals surface area contributed by atoms with Crippen LogP contribution in [0.2, 0.25) is 0 Å². The molecule has 4 bridgehead atoms. The van der Waals surface area contributed by atoms with E-state index in [1.54, 1.807) is 31.2 Å². The van der Waals surface area contributed by atoms with Gasteiger partial charge in [0.15, 0.2) is 11.9 Å². The van der Waals surface area contributed by atoms with Gasteiger partial charge in [0, 0.05) is 12.0 Å². The summed E-state index contributed by atoms with van der Waals surface area (Å²) in [6.45, 7) is 2.11. The van der Waals surface area contributed by atoms with E-state index >= 15 is 0 Å². The number of carbonyl (C=O) groups excluding carboxylic acids is 2. The van der Waals surface area contributed by atoms with Crippen LogP contribution in [0.1, 0.15) is 62.2 Å². The molecule has 1 aromatic carbocycles. The molecule has 5 aliphatic rings. The van der Waals surface area contributed by atoms with E-state index in [-0.39, 0.29) is 22.5 Å². The highest BCUT2D eigenvalue weighted by Gasteiger charge is 2.55. The van der Waals surface area contributed by atoms with Crippen LogP contribution in [0.3, 0.4) is 0 Å². The molecule has 0 radical (unpaired) electrons. The van der Waals surface area contributed by atoms with Crippen LogP contribution in [0.5, 0.6) is 0 Å². The van der Waals surface area contributed by atoms with Gasteiger partial charge in [0.2, 0.25) is 10.0 Å². The number of rotatable bonds is 5. The second-order valence-corrected chi connectivity index (χ2v) is 11.9. The van der Waals surface area contributed by atoms with E-state index < -0.39 is 22.1 Å². The fourth-order valence-electron chi connectivity index (χ4n) is 6.84. The molecular formula is C23H29NO5S. The molecule has 0 spiro atoms. The number of esters is 1. The zero-order valence-electron chi connectivity index (χ0n) is 17.4. The van der Waals surface area contributed by atoms with Crippen molar-refractivity contribution in [2.75, 3.05) is 16.6 Å². The van der Waals surface area contributed by atoms with Gasteiger partial charge in [0.25, 0.3) is 0 Å². The summed E-state index contributed by atoms with van der Waals surface area (Å²) in [5.41, 5.74) is 0.446. The summed E-state index contributed by atoms with van der Waals surface area (Å²) >= 11 is 0. The lowest BCUT2D eigenvalue weighted by Gasteiger charge is -2.56. The molecule has 6 nitrogen and oxygen atoms in total. The number of hydrogen-bond donors (Lipinski definition) is 0. The van der Waals surface area contributed by atoms with Crippen molar-refractivity contribution in [1.29, 1.82) is 0 Å². The monoisotopic (exact) mass is 431 g/mol. The van der Waals surface area contributed by atoms with Gasteiger partial charge >= 0.3 is 5.97 Å². The molecule has 1 atom stereocenters. The quantitative estimate of drug-likeness (QED) is 0.666. The summed E-state index contributed by atoms with van der Waals surface area (Å²) in [5.74, 6) is 1.59. The van der Waals surface area contributed by atoms with Gasteiger partial charge in [-0.05, 0) is 87.8 Å². The molecule has 1 heterocycles. The Morgan fingerprint density at radius 2 is 1.73 bits per heavy atom. The number of carbonyl (C=O) groups is 2. The molecule has 0 aromatic heterocycles. The molecule has 1 aliphatic heterocycles. The van der Waals surface area contributed by atoms with E-state index in [1.165, 1.54) is 23.6 Å². The van der Waals surface area contributed by atoms with Crippen molar-refractivity contribution in [2.45, 2.75) is 58.0 Å². The number of ether oxygens (including phenoxy) is 1. The van der Waals surface area contributed by atoms with Gasteiger partial charge in [-0.15, -0.1) is 0 Å². The lowest BCUT2D eigenvalue weighted by atomic mass is 9.48. The van der Waals surface area contributed by atoms with Crippen LogP contribution in [0.25, 0.3) is 0 Å². The van der Waals surface area contributed by atoms with Crippen LogP contribution >= 0.6 is 0 Å². The Morgan fingerprint density at radius 1 is 1.10 bits per heavy atom. The Morgan fingerprint density at radius 3 is 2.30 bits per heavy atom. The van der Waals surface area contributed by atoms with E-state index in [4.69, 9.17) is 4.74 Å². The fraction of sp³-hybridized carbons (Fsp3) is 0.652. The zero-order chi connectivity index (χ0) is 21.1. The van der Waals surface area contributed by atoms with E-state index in [0.717, 1.165) is 19.3 Å². The third-order valence-electron chi connectivity index (χ3n) is 7.68. The largest absolute Gasteiger partial charge is 0.451 e. The molecule has 1 saturated heterocycles. The minimum Gasteiger partial charge on any atom is -0.451 e. The predicted molar refractivity (Wildman–Crippen MR) is 113 cm³/mol. The minimum absolute atomic E-state index is 0.0771. The molecule has 7 heteroatoms. The number of benzene rings is 1. The van der Waals surface area contributed by atoms with Crippen molar-refractivity contribution in [3.05, 3.63) is 29.8 Å². The summed E-state index contributed by atoms with van der Waals surface area (Å²) in [7, 11) is -3.32. The number of Topliss-reactive ketones (excluding diaryl/α,β-unsaturated/α-hetero) is 1. The maximum Gasteiger partial charge on any atom is 0.338 e. The highest BCUT2D eigenvalue weighted by molar-refractivity contribution is 7.93. The molecule has 0 unspecified atom stereocenters.